The number of carbonyl (C=O) groups is 1. The lowest BCUT2D eigenvalue weighted by Gasteiger charge is -2.46. The van der Waals surface area contributed by atoms with Crippen molar-refractivity contribution in [3.8, 4) is 46.0 Å². The Labute approximate surface area is 306 Å². The van der Waals surface area contributed by atoms with Crippen molar-refractivity contribution in [1.82, 2.24) is 4.90 Å². The second-order valence-corrected chi connectivity index (χ2v) is 14.3. The molecule has 0 spiro atoms. The van der Waals surface area contributed by atoms with Gasteiger partial charge < -0.3 is 42.8 Å². The summed E-state index contributed by atoms with van der Waals surface area (Å²) in [7, 11) is 9.11. The van der Waals surface area contributed by atoms with Crippen molar-refractivity contribution in [2.75, 3.05) is 61.7 Å². The lowest BCUT2D eigenvalue weighted by atomic mass is 9.86. The zero-order valence-electron chi connectivity index (χ0n) is 31.0. The predicted molar refractivity (Wildman–Crippen MR) is 195 cm³/mol. The molecule has 0 fully saturated rings. The number of nitrogens with zero attached hydrogens (tertiary/aromatic N) is 2. The van der Waals surface area contributed by atoms with E-state index in [2.05, 4.69) is 49.2 Å². The minimum absolute atomic E-state index is 0.0764. The quantitative estimate of drug-likeness (QED) is 0.198. The number of carboxylic acids is 1. The van der Waals surface area contributed by atoms with Crippen LogP contribution in [0.4, 0.5) is 0 Å². The number of rotatable bonds is 8. The summed E-state index contributed by atoms with van der Waals surface area (Å²) in [6.45, 7) is 3.92. The Balaban J connectivity index is 1.49. The molecule has 0 radical (unpaired) electrons. The van der Waals surface area contributed by atoms with Gasteiger partial charge in [-0.15, -0.1) is 0 Å². The Morgan fingerprint density at radius 2 is 1.58 bits per heavy atom. The third-order valence-corrected chi connectivity index (χ3v) is 11.0. The fraction of sp³-hybridized carbons (Fsp3) is 0.405. The van der Waals surface area contributed by atoms with E-state index in [9.17, 15) is 9.90 Å². The Morgan fingerprint density at radius 3 is 2.29 bits per heavy atom. The first-order valence-corrected chi connectivity index (χ1v) is 18.1. The topological polar surface area (TPSA) is 98.8 Å². The molecule has 274 valence electrons. The van der Waals surface area contributed by atoms with Crippen molar-refractivity contribution < 1.29 is 42.8 Å². The van der Waals surface area contributed by atoms with Crippen LogP contribution < -0.4 is 33.5 Å². The molecule has 3 unspecified atom stereocenters. The average molecular weight is 709 g/mol. The summed E-state index contributed by atoms with van der Waals surface area (Å²) in [6.07, 6.45) is 3.55. The average Bonchev–Trinajstić information content (AvgIpc) is 3.13. The van der Waals surface area contributed by atoms with Crippen LogP contribution in [-0.2, 0) is 30.5 Å². The van der Waals surface area contributed by atoms with Crippen LogP contribution in [0.5, 0.6) is 46.0 Å². The Morgan fingerprint density at radius 1 is 0.865 bits per heavy atom. The summed E-state index contributed by atoms with van der Waals surface area (Å²) in [6, 6.07) is 20.0. The molecule has 4 aromatic rings. The predicted octanol–water partition coefficient (Wildman–Crippen LogP) is 6.21. The molecule has 6 bridgehead atoms. The second-order valence-electron chi connectivity index (χ2n) is 14.3. The fourth-order valence-corrected chi connectivity index (χ4v) is 8.15. The van der Waals surface area contributed by atoms with Crippen LogP contribution in [0.25, 0.3) is 0 Å². The third kappa shape index (κ3) is 6.73. The number of likely N-dealkylation sites (N-methyl/N-ethyl adjacent to an activating group) is 2. The van der Waals surface area contributed by atoms with Gasteiger partial charge in [0.25, 0.3) is 0 Å². The van der Waals surface area contributed by atoms with E-state index in [4.69, 9.17) is 28.4 Å². The van der Waals surface area contributed by atoms with Crippen molar-refractivity contribution in [2.24, 2.45) is 0 Å². The number of ether oxygens (including phenoxy) is 6. The van der Waals surface area contributed by atoms with Crippen molar-refractivity contribution in [2.45, 2.75) is 51.1 Å². The van der Waals surface area contributed by atoms with Crippen molar-refractivity contribution in [3.05, 3.63) is 94.0 Å². The van der Waals surface area contributed by atoms with Crippen LogP contribution in [0.2, 0.25) is 0 Å². The molecule has 10 nitrogen and oxygen atoms in total. The minimum atomic E-state index is -1.08. The molecular weight excluding hydrogens is 660 g/mol. The van der Waals surface area contributed by atoms with Gasteiger partial charge in [0.05, 0.1) is 47.5 Å². The van der Waals surface area contributed by atoms with Gasteiger partial charge in [-0.1, -0.05) is 25.1 Å². The van der Waals surface area contributed by atoms with Gasteiger partial charge in [0, 0.05) is 36.6 Å². The van der Waals surface area contributed by atoms with Gasteiger partial charge in [-0.2, -0.15) is 0 Å². The number of benzene rings is 4. The third-order valence-electron chi connectivity index (χ3n) is 11.0. The van der Waals surface area contributed by atoms with Crippen LogP contribution in [-0.4, -0.2) is 77.0 Å². The highest BCUT2D eigenvalue weighted by atomic mass is 16.6. The summed E-state index contributed by atoms with van der Waals surface area (Å²) in [4.78, 5) is 14.6. The number of aliphatic carboxylic acids is 1. The van der Waals surface area contributed by atoms with Crippen LogP contribution in [0.1, 0.15) is 58.8 Å². The van der Waals surface area contributed by atoms with E-state index in [0.29, 0.717) is 78.4 Å². The maximum absolute atomic E-state index is 12.2. The number of fused-ring (bicyclic) bond motifs is 2. The number of hydrogen-bond acceptors (Lipinski definition) is 9. The molecule has 0 aromatic heterocycles. The largest absolute Gasteiger partial charge is 0.544 e. The van der Waals surface area contributed by atoms with Crippen LogP contribution in [0, 0.1) is 0 Å². The highest BCUT2D eigenvalue weighted by Gasteiger charge is 2.41. The highest BCUT2D eigenvalue weighted by Crippen LogP contribution is 2.52. The molecule has 0 saturated heterocycles. The molecule has 4 aliphatic rings. The van der Waals surface area contributed by atoms with E-state index in [1.54, 1.807) is 21.3 Å². The summed E-state index contributed by atoms with van der Waals surface area (Å²) in [5.74, 6) is 3.76. The first-order chi connectivity index (χ1) is 25.1. The summed E-state index contributed by atoms with van der Waals surface area (Å²) < 4.78 is 38.1. The number of hydrogen-bond donors (Lipinski definition) is 0. The van der Waals surface area contributed by atoms with Gasteiger partial charge in [-0.25, -0.2) is 0 Å². The maximum Gasteiger partial charge on any atom is 0.204 e. The van der Waals surface area contributed by atoms with E-state index < -0.39 is 5.97 Å². The molecule has 0 aliphatic carbocycles. The van der Waals surface area contributed by atoms with E-state index in [1.165, 1.54) is 0 Å². The monoisotopic (exact) mass is 708 g/mol. The Bertz CT molecular complexity index is 1960. The maximum atomic E-state index is 12.2. The summed E-state index contributed by atoms with van der Waals surface area (Å²) in [5.41, 5.74) is 6.42. The van der Waals surface area contributed by atoms with Gasteiger partial charge in [0.1, 0.15) is 18.3 Å². The smallest absolute Gasteiger partial charge is 0.204 e. The van der Waals surface area contributed by atoms with Crippen LogP contribution in [0.3, 0.4) is 0 Å². The van der Waals surface area contributed by atoms with Crippen LogP contribution in [0.15, 0.2) is 60.7 Å². The lowest BCUT2D eigenvalue weighted by molar-refractivity contribution is -0.936. The van der Waals surface area contributed by atoms with Gasteiger partial charge in [0.15, 0.2) is 34.5 Å². The molecule has 0 amide bonds. The SMILES string of the molecule is CCCOc1c(OC)cc2c3c1Oc1cc4c(cc1OC)CC[N+](C)(CC(=O)[O-])C4Cc1ccc(cc1)Oc1cc(ccc1OC)CC3N(C)CC2. The fourth-order valence-electron chi connectivity index (χ4n) is 8.15. The summed E-state index contributed by atoms with van der Waals surface area (Å²) >= 11 is 0. The molecule has 4 aromatic carbocycles. The molecular formula is C42H48N2O8. The first kappa shape index (κ1) is 35.5. The van der Waals surface area contributed by atoms with E-state index in [-0.39, 0.29) is 23.1 Å². The number of carbonyl (C=O) groups excluding carboxylic acids is 1. The van der Waals surface area contributed by atoms with Crippen molar-refractivity contribution >= 4 is 5.97 Å². The van der Waals surface area contributed by atoms with E-state index in [1.807, 2.05) is 37.4 Å². The second kappa shape index (κ2) is 14.6. The number of quaternary nitrogens is 1. The molecule has 4 heterocycles. The van der Waals surface area contributed by atoms with E-state index >= 15 is 0 Å². The van der Waals surface area contributed by atoms with Crippen molar-refractivity contribution in [3.63, 3.8) is 0 Å². The molecule has 52 heavy (non-hydrogen) atoms. The zero-order chi connectivity index (χ0) is 36.6. The van der Waals surface area contributed by atoms with E-state index in [0.717, 1.165) is 52.8 Å². The van der Waals surface area contributed by atoms with Crippen molar-refractivity contribution in [1.29, 1.82) is 0 Å². The molecule has 0 N–H and O–H groups in total. The highest BCUT2D eigenvalue weighted by molar-refractivity contribution is 5.66. The molecule has 0 saturated carbocycles. The molecule has 8 rings (SSSR count). The Hall–Kier alpha value is -4.93. The van der Waals surface area contributed by atoms with Gasteiger partial charge >= 0.3 is 0 Å². The standard InChI is InChI=1S/C42H48N2O8/c1-7-18-50-41-38(49-6)23-29-14-16-43(2)32-19-27-10-13-34(47-4)36(21-27)51-30-11-8-26(9-12-30)20-33-31-24-37(52-42(41)40(29)32)35(48-5)22-28(31)15-17-44(33,3)25-39(45)46/h8-13,21-24,32-33H,7,14-20,25H2,1-6H3. The molecule has 4 aliphatic heterocycles. The number of methoxy groups -OCH3 is 3. The zero-order valence-corrected chi connectivity index (χ0v) is 31.0. The van der Waals surface area contributed by atoms with Gasteiger partial charge in [-0.3, -0.25) is 4.90 Å². The summed E-state index contributed by atoms with van der Waals surface area (Å²) in [5, 5.41) is 12.2. The van der Waals surface area contributed by atoms with Gasteiger partial charge in [-0.05, 0) is 91.0 Å². The number of carboxylic acid groups (broad SMARTS) is 1. The minimum Gasteiger partial charge on any atom is -0.544 e. The first-order valence-electron chi connectivity index (χ1n) is 18.1. The van der Waals surface area contributed by atoms with Gasteiger partial charge in [0.2, 0.25) is 5.75 Å². The normalized spacial score (nSPS) is 20.7. The Kier molecular flexibility index (Phi) is 9.96. The van der Waals surface area contributed by atoms with Crippen LogP contribution >= 0.6 is 0 Å². The molecule has 3 atom stereocenters. The lowest BCUT2D eigenvalue weighted by Crippen LogP contribution is -2.56. The molecule has 10 heteroatoms.